The first kappa shape index (κ1) is 15.1. The topological polar surface area (TPSA) is 87.0 Å². The third-order valence-electron chi connectivity index (χ3n) is 2.40. The molecule has 1 aliphatic rings. The summed E-state index contributed by atoms with van der Waals surface area (Å²) in [4.78, 5) is 13.5. The number of sulfonamides is 1. The van der Waals surface area contributed by atoms with E-state index in [1.807, 2.05) is 0 Å². The Hall–Kier alpha value is -1.32. The molecule has 0 aliphatic carbocycles. The van der Waals surface area contributed by atoms with Crippen LogP contribution in [-0.4, -0.2) is 50.4 Å². The average Bonchev–Trinajstić information content (AvgIpc) is 2.83. The Labute approximate surface area is 124 Å². The number of Topliss-reactive ketones (excluding diaryl/α,β-unsaturated/α-hetero) is 1. The number of carbonyl (C=O) groups excluding carboxylic acids is 1. The van der Waals surface area contributed by atoms with Crippen LogP contribution >= 0.6 is 23.1 Å². The Kier molecular flexibility index (Phi) is 4.21. The maximum atomic E-state index is 12.0. The molecule has 2 heterocycles. The molecule has 1 aliphatic heterocycles. The van der Waals surface area contributed by atoms with Crippen LogP contribution < -0.4 is 0 Å². The summed E-state index contributed by atoms with van der Waals surface area (Å²) in [7, 11) is -0.473. The predicted molar refractivity (Wildman–Crippen MR) is 79.5 cm³/mol. The molecule has 6 nitrogen and oxygen atoms in total. The highest BCUT2D eigenvalue weighted by molar-refractivity contribution is 8.02. The van der Waals surface area contributed by atoms with Crippen LogP contribution in [0.1, 0.15) is 10.4 Å². The lowest BCUT2D eigenvalue weighted by molar-refractivity contribution is 0.102. The van der Waals surface area contributed by atoms with E-state index < -0.39 is 10.0 Å². The Bertz CT molecular complexity index is 701. The van der Waals surface area contributed by atoms with Gasteiger partial charge in [-0.3, -0.25) is 4.79 Å². The number of ketones is 1. The molecular weight excluding hydrogens is 320 g/mol. The molecule has 1 aromatic heterocycles. The minimum atomic E-state index is -3.80. The summed E-state index contributed by atoms with van der Waals surface area (Å²) in [5.74, 6) is -0.000857. The van der Waals surface area contributed by atoms with Gasteiger partial charge in [-0.05, 0) is 6.07 Å². The zero-order chi connectivity index (χ0) is 14.9. The first-order valence-electron chi connectivity index (χ1n) is 5.46. The summed E-state index contributed by atoms with van der Waals surface area (Å²) in [6, 6.07) is 1.32. The molecule has 0 amide bonds. The largest absolute Gasteiger partial charge is 0.515 e. The van der Waals surface area contributed by atoms with Crippen molar-refractivity contribution < 1.29 is 18.3 Å². The monoisotopic (exact) mass is 332 g/mol. The predicted octanol–water partition coefficient (Wildman–Crippen LogP) is 1.76. The van der Waals surface area contributed by atoms with E-state index in [4.69, 9.17) is 5.11 Å². The van der Waals surface area contributed by atoms with Gasteiger partial charge in [0.2, 0.25) is 0 Å². The molecule has 1 N–H and O–H groups in total. The lowest BCUT2D eigenvalue weighted by Gasteiger charge is -2.10. The molecule has 0 fully saturated rings. The van der Waals surface area contributed by atoms with Gasteiger partial charge in [-0.2, -0.15) is 8.42 Å². The summed E-state index contributed by atoms with van der Waals surface area (Å²) in [5, 5.41) is 8.96. The zero-order valence-corrected chi connectivity index (χ0v) is 13.2. The van der Waals surface area contributed by atoms with Crippen molar-refractivity contribution in [1.82, 2.24) is 4.90 Å². The highest BCUT2D eigenvalue weighted by atomic mass is 32.3. The minimum absolute atomic E-state index is 0.0284. The van der Waals surface area contributed by atoms with Gasteiger partial charge in [0.1, 0.15) is 10.5 Å². The van der Waals surface area contributed by atoms with Crippen molar-refractivity contribution in [2.75, 3.05) is 19.8 Å². The smallest absolute Gasteiger partial charge is 0.293 e. The van der Waals surface area contributed by atoms with Crippen molar-refractivity contribution in [2.45, 2.75) is 8.42 Å². The normalized spacial score (nSPS) is 17.7. The summed E-state index contributed by atoms with van der Waals surface area (Å²) >= 11 is 2.35. The van der Waals surface area contributed by atoms with Crippen LogP contribution in [-0.2, 0) is 10.0 Å². The highest BCUT2D eigenvalue weighted by Gasteiger charge is 2.28. The van der Waals surface area contributed by atoms with E-state index >= 15 is 0 Å². The van der Waals surface area contributed by atoms with Crippen LogP contribution in [0.4, 0.5) is 0 Å². The van der Waals surface area contributed by atoms with Crippen LogP contribution in [0.3, 0.4) is 0 Å². The van der Waals surface area contributed by atoms with Gasteiger partial charge in [0, 0.05) is 31.0 Å². The summed E-state index contributed by atoms with van der Waals surface area (Å²) in [6.45, 7) is 0. The molecule has 0 radical (unpaired) electrons. The van der Waals surface area contributed by atoms with E-state index in [9.17, 15) is 13.2 Å². The molecule has 0 unspecified atom stereocenters. The van der Waals surface area contributed by atoms with E-state index in [1.165, 1.54) is 29.1 Å². The third kappa shape index (κ3) is 2.89. The second-order valence-electron chi connectivity index (χ2n) is 4.20. The fourth-order valence-corrected chi connectivity index (χ4v) is 5.18. The molecule has 0 aromatic carbocycles. The van der Waals surface area contributed by atoms with Gasteiger partial charge in [0.25, 0.3) is 10.0 Å². The Morgan fingerprint density at radius 3 is 2.75 bits per heavy atom. The molecule has 20 heavy (non-hydrogen) atoms. The van der Waals surface area contributed by atoms with Gasteiger partial charge in [0.15, 0.2) is 5.78 Å². The number of hydrogen-bond donors (Lipinski definition) is 1. The van der Waals surface area contributed by atoms with Gasteiger partial charge in [0.05, 0.1) is 10.5 Å². The van der Waals surface area contributed by atoms with Gasteiger partial charge >= 0.3 is 0 Å². The van der Waals surface area contributed by atoms with Crippen molar-refractivity contribution in [3.63, 3.8) is 0 Å². The number of aliphatic hydroxyl groups excluding tert-OH is 1. The maximum absolute atomic E-state index is 12.0. The van der Waals surface area contributed by atoms with Gasteiger partial charge in [-0.25, -0.2) is 0 Å². The average molecular weight is 332 g/mol. The summed E-state index contributed by atoms with van der Waals surface area (Å²) < 4.78 is 28.2. The van der Waals surface area contributed by atoms with Gasteiger partial charge in [-0.1, -0.05) is 0 Å². The number of hydrogen-bond acceptors (Lipinski definition) is 6. The number of nitrogens with zero attached hydrogens (tertiary/aromatic N) is 2. The third-order valence-corrected chi connectivity index (χ3v) is 6.54. The standard InChI is InChI=1S/C11H12N2O4S3/c1-13(2)6-12-20(16,17)9-3-8-10(15)7(4-14)5-18-11(8)19-9/h3-4,6,14H,5H2,1-2H3/b7-4+,12-6?. The van der Waals surface area contributed by atoms with Crippen LogP contribution in [0.25, 0.3) is 0 Å². The molecule has 9 heteroatoms. The molecule has 0 bridgehead atoms. The number of rotatable bonds is 3. The van der Waals surface area contributed by atoms with E-state index in [-0.39, 0.29) is 15.6 Å². The molecule has 108 valence electrons. The fourth-order valence-electron chi connectivity index (χ4n) is 1.43. The van der Waals surface area contributed by atoms with E-state index in [1.54, 1.807) is 14.1 Å². The molecule has 0 saturated carbocycles. The van der Waals surface area contributed by atoms with Crippen LogP contribution in [0.15, 0.2) is 30.7 Å². The number of thioether (sulfide) groups is 1. The van der Waals surface area contributed by atoms with Crippen molar-refractivity contribution >= 4 is 45.2 Å². The number of carbonyl (C=O) groups is 1. The van der Waals surface area contributed by atoms with Crippen LogP contribution in [0.2, 0.25) is 0 Å². The van der Waals surface area contributed by atoms with Crippen LogP contribution in [0, 0.1) is 0 Å². The van der Waals surface area contributed by atoms with Crippen molar-refractivity contribution in [2.24, 2.45) is 4.40 Å². The van der Waals surface area contributed by atoms with E-state index in [0.717, 1.165) is 17.6 Å². The van der Waals surface area contributed by atoms with Crippen molar-refractivity contribution in [3.05, 3.63) is 23.5 Å². The first-order chi connectivity index (χ1) is 9.35. The van der Waals surface area contributed by atoms with Gasteiger partial charge < -0.3 is 10.0 Å². The number of fused-ring (bicyclic) bond motifs is 1. The fraction of sp³-hybridized carbons (Fsp3) is 0.273. The first-order valence-corrected chi connectivity index (χ1v) is 8.71. The van der Waals surface area contributed by atoms with Crippen molar-refractivity contribution in [3.8, 4) is 0 Å². The molecule has 0 atom stereocenters. The Morgan fingerprint density at radius 1 is 1.45 bits per heavy atom. The lowest BCUT2D eigenvalue weighted by Crippen LogP contribution is -2.10. The maximum Gasteiger partial charge on any atom is 0.293 e. The second-order valence-corrected chi connectivity index (χ2v) is 8.35. The SMILES string of the molecule is CN(C)C=NS(=O)(=O)c1cc2c(s1)SC/C(=C\O)C2=O. The molecule has 0 spiro atoms. The van der Waals surface area contributed by atoms with Gasteiger partial charge in [-0.15, -0.1) is 27.5 Å². The molecular formula is C11H12N2O4S3. The minimum Gasteiger partial charge on any atom is -0.515 e. The molecule has 0 saturated heterocycles. The summed E-state index contributed by atoms with van der Waals surface area (Å²) in [6.07, 6.45) is 1.97. The van der Waals surface area contributed by atoms with E-state index in [2.05, 4.69) is 4.40 Å². The second kappa shape index (κ2) is 5.58. The Morgan fingerprint density at radius 2 is 2.15 bits per heavy atom. The van der Waals surface area contributed by atoms with Crippen molar-refractivity contribution in [1.29, 1.82) is 0 Å². The number of thiophene rings is 1. The Balaban J connectivity index is 2.41. The molecule has 2 rings (SSSR count). The van der Waals surface area contributed by atoms with Crippen LogP contribution in [0.5, 0.6) is 0 Å². The zero-order valence-electron chi connectivity index (χ0n) is 10.7. The summed E-state index contributed by atoms with van der Waals surface area (Å²) in [5.41, 5.74) is 0.575. The number of aliphatic hydroxyl groups is 1. The quantitative estimate of drug-likeness (QED) is 0.393. The van der Waals surface area contributed by atoms with E-state index in [0.29, 0.717) is 15.5 Å². The molecule has 1 aromatic rings. The lowest BCUT2D eigenvalue weighted by atomic mass is 10.1. The highest BCUT2D eigenvalue weighted by Crippen LogP contribution is 2.40.